The van der Waals surface area contributed by atoms with E-state index in [4.69, 9.17) is 0 Å². The smallest absolute Gasteiger partial charge is 0.00232 e. The number of hydrogen-bond acceptors (Lipinski definition) is 4. The molecule has 0 heterocycles. The van der Waals surface area contributed by atoms with Crippen molar-refractivity contribution in [3.63, 3.8) is 0 Å². The van der Waals surface area contributed by atoms with Crippen molar-refractivity contribution in [2.75, 3.05) is 52.4 Å². The maximum Gasteiger partial charge on any atom is -0.00232 e. The second-order valence-corrected chi connectivity index (χ2v) is 5.63. The summed E-state index contributed by atoms with van der Waals surface area (Å²) in [7, 11) is 0. The van der Waals surface area contributed by atoms with Gasteiger partial charge in [-0.05, 0) is 77.5 Å². The van der Waals surface area contributed by atoms with Crippen LogP contribution >= 0.6 is 67.9 Å². The number of nitrogens with one attached hydrogen (secondary N) is 4. The molecule has 25 heavy (non-hydrogen) atoms. The summed E-state index contributed by atoms with van der Waals surface area (Å²) in [6, 6.07) is 0. The molecule has 8 heteroatoms. The molecule has 0 radical (unpaired) electrons. The Bertz CT molecular complexity index is 192. The molecule has 0 saturated heterocycles. The fourth-order valence-electron chi connectivity index (χ4n) is 1.93. The average Bonchev–Trinajstić information content (AvgIpc) is 2.47. The van der Waals surface area contributed by atoms with Crippen LogP contribution in [0.5, 0.6) is 0 Å². The largest absolute Gasteiger partial charge is 0.317 e. The van der Waals surface area contributed by atoms with Gasteiger partial charge < -0.3 is 21.3 Å². The van der Waals surface area contributed by atoms with E-state index in [2.05, 4.69) is 42.0 Å². The van der Waals surface area contributed by atoms with Crippen molar-refractivity contribution in [3.8, 4) is 0 Å². The Morgan fingerprint density at radius 1 is 0.600 bits per heavy atom. The summed E-state index contributed by atoms with van der Waals surface area (Å²) in [5, 5.41) is 13.8. The van der Waals surface area contributed by atoms with Gasteiger partial charge in [-0.1, -0.05) is 34.6 Å². The van der Waals surface area contributed by atoms with Crippen LogP contribution < -0.4 is 21.3 Å². The van der Waals surface area contributed by atoms with Crippen molar-refractivity contribution < 1.29 is 0 Å². The Kier molecular flexibility index (Phi) is 60.4. The molecular weight excluding hydrogens is 580 g/mol. The topological polar surface area (TPSA) is 48.1 Å². The van der Waals surface area contributed by atoms with Crippen LogP contribution in [0.25, 0.3) is 0 Å². The first kappa shape index (κ1) is 41.2. The van der Waals surface area contributed by atoms with E-state index in [1.54, 1.807) is 0 Å². The summed E-state index contributed by atoms with van der Waals surface area (Å²) in [6.07, 6.45) is 4.95. The van der Waals surface area contributed by atoms with Gasteiger partial charge in [-0.3, -0.25) is 0 Å². The lowest BCUT2D eigenvalue weighted by atomic mass is 10.1. The standard InChI is InChI=1S/C16H38N4.CH4.4BrH/c1-4-16(3)15-20-14-8-13-19-12-7-11-18-10-6-9-17-5-2;;;;;/h16-20H,4-15H2,1-3H3;1H4;4*1H/t16-;;;;;/m0...../s1. The first-order chi connectivity index (χ1) is 9.81. The van der Waals surface area contributed by atoms with E-state index in [-0.39, 0.29) is 75.4 Å². The maximum absolute atomic E-state index is 3.51. The van der Waals surface area contributed by atoms with Crippen LogP contribution in [0.2, 0.25) is 0 Å². The van der Waals surface area contributed by atoms with E-state index >= 15 is 0 Å². The van der Waals surface area contributed by atoms with Gasteiger partial charge in [-0.2, -0.15) is 0 Å². The summed E-state index contributed by atoms with van der Waals surface area (Å²) in [6.45, 7) is 15.7. The number of rotatable bonds is 16. The second kappa shape index (κ2) is 36.6. The third-order valence-electron chi connectivity index (χ3n) is 3.56. The lowest BCUT2D eigenvalue weighted by Crippen LogP contribution is -2.27. The van der Waals surface area contributed by atoms with Crippen molar-refractivity contribution in [2.45, 2.75) is 53.9 Å². The van der Waals surface area contributed by atoms with Gasteiger partial charge in [0, 0.05) is 0 Å². The zero-order chi connectivity index (χ0) is 14.9. The van der Waals surface area contributed by atoms with Gasteiger partial charge in [0.1, 0.15) is 0 Å². The van der Waals surface area contributed by atoms with Crippen molar-refractivity contribution in [3.05, 3.63) is 0 Å². The van der Waals surface area contributed by atoms with E-state index in [0.29, 0.717) is 0 Å². The zero-order valence-electron chi connectivity index (χ0n) is 15.7. The Balaban J connectivity index is -0.000000180. The zero-order valence-corrected chi connectivity index (χ0v) is 22.5. The fourth-order valence-corrected chi connectivity index (χ4v) is 1.93. The molecule has 4 nitrogen and oxygen atoms in total. The van der Waals surface area contributed by atoms with E-state index in [9.17, 15) is 0 Å². The number of halogens is 4. The van der Waals surface area contributed by atoms with Gasteiger partial charge in [-0.15, -0.1) is 67.9 Å². The summed E-state index contributed by atoms with van der Waals surface area (Å²) in [5.74, 6) is 0.807. The van der Waals surface area contributed by atoms with E-state index in [1.165, 1.54) is 25.7 Å². The molecule has 0 amide bonds. The molecule has 0 aromatic carbocycles. The summed E-state index contributed by atoms with van der Waals surface area (Å²) in [5.41, 5.74) is 0. The molecule has 0 aliphatic heterocycles. The molecule has 0 aliphatic carbocycles. The highest BCUT2D eigenvalue weighted by molar-refractivity contribution is 8.93. The molecular formula is C17H46Br4N4. The molecule has 0 aliphatic rings. The SMILES string of the molecule is Br.Br.Br.Br.C.CCNCCCNCCCNCCCNC[C@@H](C)CC. The van der Waals surface area contributed by atoms with Crippen LogP contribution in [-0.4, -0.2) is 52.4 Å². The molecule has 0 unspecified atom stereocenters. The highest BCUT2D eigenvalue weighted by Crippen LogP contribution is 1.96. The molecule has 0 aromatic rings. The van der Waals surface area contributed by atoms with Crippen molar-refractivity contribution >= 4 is 67.9 Å². The van der Waals surface area contributed by atoms with E-state index < -0.39 is 0 Å². The van der Waals surface area contributed by atoms with Crippen LogP contribution in [0, 0.1) is 5.92 Å². The molecule has 0 bridgehead atoms. The van der Waals surface area contributed by atoms with Crippen LogP contribution in [0.15, 0.2) is 0 Å². The summed E-state index contributed by atoms with van der Waals surface area (Å²) >= 11 is 0. The molecule has 0 aromatic heterocycles. The van der Waals surface area contributed by atoms with Gasteiger partial charge in [0.2, 0.25) is 0 Å². The monoisotopic (exact) mass is 622 g/mol. The highest BCUT2D eigenvalue weighted by atomic mass is 79.9. The molecule has 1 atom stereocenters. The Morgan fingerprint density at radius 2 is 0.960 bits per heavy atom. The normalized spacial score (nSPS) is 10.2. The first-order valence-electron chi connectivity index (χ1n) is 8.64. The summed E-state index contributed by atoms with van der Waals surface area (Å²) in [4.78, 5) is 0. The Labute approximate surface area is 200 Å². The average molecular weight is 626 g/mol. The van der Waals surface area contributed by atoms with E-state index in [1.807, 2.05) is 0 Å². The molecule has 0 rings (SSSR count). The molecule has 4 N–H and O–H groups in total. The quantitative estimate of drug-likeness (QED) is 0.191. The van der Waals surface area contributed by atoms with Crippen molar-refractivity contribution in [2.24, 2.45) is 5.92 Å². The van der Waals surface area contributed by atoms with Gasteiger partial charge in [0.05, 0.1) is 0 Å². The summed E-state index contributed by atoms with van der Waals surface area (Å²) < 4.78 is 0. The van der Waals surface area contributed by atoms with Crippen LogP contribution in [-0.2, 0) is 0 Å². The minimum Gasteiger partial charge on any atom is -0.317 e. The molecule has 0 saturated carbocycles. The minimum absolute atomic E-state index is 0. The van der Waals surface area contributed by atoms with Crippen LogP contribution in [0.4, 0.5) is 0 Å². The van der Waals surface area contributed by atoms with Gasteiger partial charge in [0.25, 0.3) is 0 Å². The fraction of sp³-hybridized carbons (Fsp3) is 1.00. The third kappa shape index (κ3) is 37.2. The maximum atomic E-state index is 3.51. The molecule has 0 spiro atoms. The van der Waals surface area contributed by atoms with Crippen LogP contribution in [0.1, 0.15) is 53.9 Å². The Morgan fingerprint density at radius 3 is 1.32 bits per heavy atom. The lowest BCUT2D eigenvalue weighted by molar-refractivity contribution is 0.488. The predicted octanol–water partition coefficient (Wildman–Crippen LogP) is 4.53. The third-order valence-corrected chi connectivity index (χ3v) is 3.56. The Hall–Kier alpha value is 1.76. The minimum atomic E-state index is 0. The van der Waals surface area contributed by atoms with Gasteiger partial charge in [0.15, 0.2) is 0 Å². The van der Waals surface area contributed by atoms with Crippen molar-refractivity contribution in [1.29, 1.82) is 0 Å². The van der Waals surface area contributed by atoms with Crippen LogP contribution in [0.3, 0.4) is 0 Å². The molecule has 162 valence electrons. The van der Waals surface area contributed by atoms with Crippen molar-refractivity contribution in [1.82, 2.24) is 21.3 Å². The predicted molar refractivity (Wildman–Crippen MR) is 138 cm³/mol. The highest BCUT2D eigenvalue weighted by Gasteiger charge is 1.96. The van der Waals surface area contributed by atoms with Gasteiger partial charge >= 0.3 is 0 Å². The lowest BCUT2D eigenvalue weighted by Gasteiger charge is -2.10. The number of hydrogen-bond donors (Lipinski definition) is 4. The van der Waals surface area contributed by atoms with Gasteiger partial charge in [-0.25, -0.2) is 0 Å². The first-order valence-corrected chi connectivity index (χ1v) is 8.64. The molecule has 0 fully saturated rings. The second-order valence-electron chi connectivity index (χ2n) is 5.63. The van der Waals surface area contributed by atoms with E-state index in [0.717, 1.165) is 58.3 Å².